The van der Waals surface area contributed by atoms with E-state index in [0.717, 1.165) is 17.0 Å². The van der Waals surface area contributed by atoms with Crippen molar-refractivity contribution in [3.63, 3.8) is 0 Å². The first-order valence-electron chi connectivity index (χ1n) is 8.43. The third kappa shape index (κ3) is 3.37. The molecule has 0 bridgehead atoms. The Morgan fingerprint density at radius 3 is 2.39 bits per heavy atom. The molecule has 0 aliphatic heterocycles. The van der Waals surface area contributed by atoms with E-state index in [9.17, 15) is 9.59 Å². The lowest BCUT2D eigenvalue weighted by Gasteiger charge is -2.07. The fourth-order valence-electron chi connectivity index (χ4n) is 2.79. The molecule has 6 nitrogen and oxygen atoms in total. The second-order valence-corrected chi connectivity index (χ2v) is 7.43. The summed E-state index contributed by atoms with van der Waals surface area (Å²) in [5, 5.41) is 0.313. The average molecular weight is 411 g/mol. The molecule has 0 radical (unpaired) electrons. The number of carbonyl (C=O) groups is 2. The summed E-state index contributed by atoms with van der Waals surface area (Å²) < 4.78 is 1.87. The van der Waals surface area contributed by atoms with Crippen molar-refractivity contribution in [2.75, 3.05) is 0 Å². The molecule has 0 aliphatic carbocycles. The molecule has 0 atom stereocenters. The number of thiazole rings is 1. The van der Waals surface area contributed by atoms with E-state index in [0.29, 0.717) is 14.9 Å². The van der Waals surface area contributed by atoms with Crippen LogP contribution in [0.4, 0.5) is 0 Å². The first-order chi connectivity index (χ1) is 13.5. The number of halogens is 1. The van der Waals surface area contributed by atoms with E-state index in [1.54, 1.807) is 24.3 Å². The van der Waals surface area contributed by atoms with Crippen LogP contribution >= 0.6 is 22.9 Å². The Bertz CT molecular complexity index is 1180. The van der Waals surface area contributed by atoms with Gasteiger partial charge in [0.2, 0.25) is 0 Å². The van der Waals surface area contributed by atoms with Crippen LogP contribution in [-0.4, -0.2) is 21.2 Å². The van der Waals surface area contributed by atoms with Gasteiger partial charge in [-0.2, -0.15) is 0 Å². The van der Waals surface area contributed by atoms with Crippen LogP contribution in [0.25, 0.3) is 16.2 Å². The number of nitrogens with zero attached hydrogens (tertiary/aromatic N) is 2. The van der Waals surface area contributed by atoms with Gasteiger partial charge in [0.1, 0.15) is 4.88 Å². The van der Waals surface area contributed by atoms with Gasteiger partial charge in [0, 0.05) is 17.5 Å². The molecule has 0 fully saturated rings. The molecule has 0 saturated heterocycles. The molecule has 2 heterocycles. The summed E-state index contributed by atoms with van der Waals surface area (Å²) in [5.74, 6) is -0.890. The fourth-order valence-corrected chi connectivity index (χ4v) is 4.02. The van der Waals surface area contributed by atoms with Gasteiger partial charge in [-0.1, -0.05) is 65.4 Å². The third-order valence-corrected chi connectivity index (χ3v) is 5.73. The highest BCUT2D eigenvalue weighted by molar-refractivity contribution is 7.19. The van der Waals surface area contributed by atoms with Crippen molar-refractivity contribution in [3.8, 4) is 11.3 Å². The number of hydrogen-bond donors (Lipinski definition) is 2. The van der Waals surface area contributed by atoms with Crippen LogP contribution in [0.5, 0.6) is 0 Å². The number of aromatic nitrogens is 2. The van der Waals surface area contributed by atoms with Gasteiger partial charge < -0.3 is 0 Å². The molecular weight excluding hydrogens is 396 g/mol. The number of amides is 2. The topological polar surface area (TPSA) is 75.5 Å². The molecule has 2 aromatic heterocycles. The number of hydrazine groups is 1. The van der Waals surface area contributed by atoms with Gasteiger partial charge in [0.05, 0.1) is 16.3 Å². The van der Waals surface area contributed by atoms with Crippen molar-refractivity contribution >= 4 is 39.7 Å². The lowest BCUT2D eigenvalue weighted by atomic mass is 10.2. The van der Waals surface area contributed by atoms with Crippen molar-refractivity contribution in [1.82, 2.24) is 20.2 Å². The maximum atomic E-state index is 12.5. The lowest BCUT2D eigenvalue weighted by Crippen LogP contribution is -2.41. The molecule has 140 valence electrons. The number of carbonyl (C=O) groups excluding carboxylic acids is 2. The molecular formula is C20H15ClN4O2S. The van der Waals surface area contributed by atoms with Crippen molar-refractivity contribution in [3.05, 3.63) is 82.0 Å². The minimum atomic E-state index is -0.482. The number of fused-ring (bicyclic) bond motifs is 1. The zero-order valence-corrected chi connectivity index (χ0v) is 16.3. The van der Waals surface area contributed by atoms with E-state index in [1.807, 2.05) is 47.9 Å². The van der Waals surface area contributed by atoms with Crippen molar-refractivity contribution in [1.29, 1.82) is 0 Å². The summed E-state index contributed by atoms with van der Waals surface area (Å²) in [4.78, 5) is 30.5. The molecule has 28 heavy (non-hydrogen) atoms. The number of benzene rings is 2. The summed E-state index contributed by atoms with van der Waals surface area (Å²) >= 11 is 7.26. The summed E-state index contributed by atoms with van der Waals surface area (Å²) in [5.41, 5.74) is 7.72. The highest BCUT2D eigenvalue weighted by atomic mass is 35.5. The van der Waals surface area contributed by atoms with Gasteiger partial charge in [-0.3, -0.25) is 24.8 Å². The van der Waals surface area contributed by atoms with E-state index in [4.69, 9.17) is 11.6 Å². The summed E-state index contributed by atoms with van der Waals surface area (Å²) in [6.07, 6.45) is 1.90. The van der Waals surface area contributed by atoms with Gasteiger partial charge in [0.25, 0.3) is 11.8 Å². The van der Waals surface area contributed by atoms with Gasteiger partial charge in [-0.15, -0.1) is 0 Å². The summed E-state index contributed by atoms with van der Waals surface area (Å²) in [6.45, 7) is 1.84. The number of hydrogen-bond acceptors (Lipinski definition) is 4. The zero-order valence-electron chi connectivity index (χ0n) is 14.8. The number of rotatable bonds is 3. The lowest BCUT2D eigenvalue weighted by molar-refractivity contribution is 0.0848. The number of imidazole rings is 1. The van der Waals surface area contributed by atoms with Crippen LogP contribution in [-0.2, 0) is 0 Å². The first kappa shape index (κ1) is 18.2. The summed E-state index contributed by atoms with van der Waals surface area (Å²) in [7, 11) is 0. The molecule has 0 spiro atoms. The Morgan fingerprint density at radius 1 is 1.00 bits per heavy atom. The van der Waals surface area contributed by atoms with Crippen LogP contribution in [0, 0.1) is 6.92 Å². The van der Waals surface area contributed by atoms with Gasteiger partial charge in [-0.25, -0.2) is 4.98 Å². The van der Waals surface area contributed by atoms with Crippen LogP contribution in [0.3, 0.4) is 0 Å². The third-order valence-electron chi connectivity index (χ3n) is 4.24. The Hall–Kier alpha value is -3.16. The maximum absolute atomic E-state index is 12.5. The Morgan fingerprint density at radius 2 is 1.68 bits per heavy atom. The molecule has 2 N–H and O–H groups in total. The van der Waals surface area contributed by atoms with Crippen molar-refractivity contribution < 1.29 is 9.59 Å². The monoisotopic (exact) mass is 410 g/mol. The molecule has 2 aromatic carbocycles. The quantitative estimate of drug-likeness (QED) is 0.499. The maximum Gasteiger partial charge on any atom is 0.281 e. The van der Waals surface area contributed by atoms with Gasteiger partial charge in [-0.05, 0) is 19.1 Å². The average Bonchev–Trinajstić information content (AvgIpc) is 3.26. The molecule has 0 saturated carbocycles. The van der Waals surface area contributed by atoms with Gasteiger partial charge in [0.15, 0.2) is 4.96 Å². The van der Waals surface area contributed by atoms with E-state index in [-0.39, 0.29) is 5.56 Å². The molecule has 8 heteroatoms. The van der Waals surface area contributed by atoms with E-state index in [1.165, 1.54) is 11.3 Å². The van der Waals surface area contributed by atoms with Crippen LogP contribution in [0.2, 0.25) is 5.02 Å². The molecule has 4 aromatic rings. The van der Waals surface area contributed by atoms with Crippen molar-refractivity contribution in [2.45, 2.75) is 6.92 Å². The Labute approximate surface area is 169 Å². The van der Waals surface area contributed by atoms with E-state index < -0.39 is 11.8 Å². The van der Waals surface area contributed by atoms with Crippen LogP contribution < -0.4 is 10.9 Å². The van der Waals surface area contributed by atoms with Crippen LogP contribution in [0.15, 0.2) is 60.8 Å². The number of aryl methyl sites for hydroxylation is 1. The van der Waals surface area contributed by atoms with Crippen LogP contribution in [0.1, 0.15) is 25.7 Å². The Balaban J connectivity index is 1.52. The predicted octanol–water partition coefficient (Wildman–Crippen LogP) is 4.10. The fraction of sp³-hybridized carbons (Fsp3) is 0.0500. The summed E-state index contributed by atoms with van der Waals surface area (Å²) in [6, 6.07) is 16.5. The minimum absolute atomic E-state index is 0.287. The molecule has 0 unspecified atom stereocenters. The van der Waals surface area contributed by atoms with Gasteiger partial charge >= 0.3 is 0 Å². The highest BCUT2D eigenvalue weighted by Crippen LogP contribution is 2.27. The second kappa shape index (κ2) is 7.46. The Kier molecular flexibility index (Phi) is 4.85. The molecule has 4 rings (SSSR count). The largest absolute Gasteiger partial charge is 0.293 e. The van der Waals surface area contributed by atoms with E-state index >= 15 is 0 Å². The molecule has 0 aliphatic rings. The zero-order chi connectivity index (χ0) is 19.7. The minimum Gasteiger partial charge on any atom is -0.293 e. The van der Waals surface area contributed by atoms with E-state index in [2.05, 4.69) is 15.8 Å². The highest BCUT2D eigenvalue weighted by Gasteiger charge is 2.19. The normalized spacial score (nSPS) is 10.8. The second-order valence-electron chi connectivity index (χ2n) is 6.05. The first-order valence-corrected chi connectivity index (χ1v) is 9.63. The standard InChI is InChI=1S/C20H15ClN4O2S/c1-12-17(19(27)24-23-18(26)14-9-5-6-10-15(14)21)28-20-22-16(11-25(12)20)13-7-3-2-4-8-13/h2-11H,1H3,(H,23,26)(H,24,27). The number of nitrogens with one attached hydrogen (secondary N) is 2. The molecule has 2 amide bonds. The predicted molar refractivity (Wildman–Crippen MR) is 110 cm³/mol. The van der Waals surface area contributed by atoms with Crippen molar-refractivity contribution in [2.24, 2.45) is 0 Å². The smallest absolute Gasteiger partial charge is 0.281 e. The SMILES string of the molecule is Cc1c(C(=O)NNC(=O)c2ccccc2Cl)sc2nc(-c3ccccc3)cn12.